The van der Waals surface area contributed by atoms with Crippen LogP contribution in [-0.2, 0) is 0 Å². The van der Waals surface area contributed by atoms with Crippen molar-refractivity contribution in [2.24, 2.45) is 0 Å². The van der Waals surface area contributed by atoms with Crippen LogP contribution >= 0.6 is 27.3 Å². The van der Waals surface area contributed by atoms with Gasteiger partial charge >= 0.3 is 0 Å². The molecular formula is C12H12BrN3OS. The molecule has 0 fully saturated rings. The SMILES string of the molecule is CC(NC(=O)c1ccc(N)c(Br)c1)c1nccs1. The van der Waals surface area contributed by atoms with Crippen molar-refractivity contribution in [3.63, 3.8) is 0 Å². The standard InChI is InChI=1S/C12H12BrN3OS/c1-7(12-15-4-5-18-12)16-11(17)8-2-3-10(14)9(13)6-8/h2-7H,14H2,1H3,(H,16,17). The Kier molecular flexibility index (Phi) is 3.98. The number of nitrogens with zero attached hydrogens (tertiary/aromatic N) is 1. The number of carbonyl (C=O) groups excluding carboxylic acids is 1. The molecule has 1 aromatic heterocycles. The summed E-state index contributed by atoms with van der Waals surface area (Å²) in [6.07, 6.45) is 1.72. The number of nitrogen functional groups attached to an aromatic ring is 1. The summed E-state index contributed by atoms with van der Waals surface area (Å²) in [6, 6.07) is 5.00. The fraction of sp³-hybridized carbons (Fsp3) is 0.167. The van der Waals surface area contributed by atoms with Crippen molar-refractivity contribution in [3.8, 4) is 0 Å². The second-order valence-electron chi connectivity index (χ2n) is 3.80. The predicted molar refractivity (Wildman–Crippen MR) is 76.5 cm³/mol. The fourth-order valence-electron chi connectivity index (χ4n) is 1.46. The number of hydrogen-bond acceptors (Lipinski definition) is 4. The maximum atomic E-state index is 12.0. The Labute approximate surface area is 117 Å². The van der Waals surface area contributed by atoms with E-state index in [9.17, 15) is 4.79 Å². The van der Waals surface area contributed by atoms with E-state index in [1.807, 2.05) is 12.3 Å². The molecule has 1 unspecified atom stereocenters. The molecule has 1 aromatic carbocycles. The smallest absolute Gasteiger partial charge is 0.251 e. The van der Waals surface area contributed by atoms with Crippen LogP contribution in [0.5, 0.6) is 0 Å². The van der Waals surface area contributed by atoms with E-state index in [2.05, 4.69) is 26.2 Å². The van der Waals surface area contributed by atoms with Gasteiger partial charge in [0.25, 0.3) is 5.91 Å². The molecule has 0 spiro atoms. The first-order valence-corrected chi connectivity index (χ1v) is 7.00. The monoisotopic (exact) mass is 325 g/mol. The van der Waals surface area contributed by atoms with E-state index >= 15 is 0 Å². The van der Waals surface area contributed by atoms with Crippen molar-refractivity contribution in [2.75, 3.05) is 5.73 Å². The van der Waals surface area contributed by atoms with E-state index in [0.29, 0.717) is 11.3 Å². The van der Waals surface area contributed by atoms with Crippen LogP contribution in [0.2, 0.25) is 0 Å². The number of carbonyl (C=O) groups is 1. The Morgan fingerprint density at radius 2 is 2.33 bits per heavy atom. The van der Waals surface area contributed by atoms with Gasteiger partial charge in [0, 0.05) is 27.3 Å². The molecule has 1 amide bonds. The van der Waals surface area contributed by atoms with Crippen molar-refractivity contribution in [1.82, 2.24) is 10.3 Å². The summed E-state index contributed by atoms with van der Waals surface area (Å²) in [6.45, 7) is 1.91. The van der Waals surface area contributed by atoms with Crippen molar-refractivity contribution < 1.29 is 4.79 Å². The van der Waals surface area contributed by atoms with Crippen LogP contribution in [0.15, 0.2) is 34.2 Å². The number of rotatable bonds is 3. The summed E-state index contributed by atoms with van der Waals surface area (Å²) in [5.74, 6) is -0.140. The van der Waals surface area contributed by atoms with E-state index in [0.717, 1.165) is 9.48 Å². The van der Waals surface area contributed by atoms with Crippen LogP contribution < -0.4 is 11.1 Å². The molecule has 1 atom stereocenters. The van der Waals surface area contributed by atoms with Crippen LogP contribution in [-0.4, -0.2) is 10.9 Å². The average Bonchev–Trinajstić information content (AvgIpc) is 2.86. The van der Waals surface area contributed by atoms with Gasteiger partial charge in [-0.3, -0.25) is 4.79 Å². The third-order valence-electron chi connectivity index (χ3n) is 2.43. The molecular weight excluding hydrogens is 314 g/mol. The third-order valence-corrected chi connectivity index (χ3v) is 4.08. The van der Waals surface area contributed by atoms with Gasteiger partial charge in [-0.15, -0.1) is 11.3 Å². The normalized spacial score (nSPS) is 12.1. The van der Waals surface area contributed by atoms with E-state index in [4.69, 9.17) is 5.73 Å². The van der Waals surface area contributed by atoms with Crippen LogP contribution in [0.1, 0.15) is 28.3 Å². The molecule has 2 aromatic rings. The molecule has 0 aliphatic carbocycles. The highest BCUT2D eigenvalue weighted by Gasteiger charge is 2.13. The molecule has 18 heavy (non-hydrogen) atoms. The number of amides is 1. The van der Waals surface area contributed by atoms with Crippen LogP contribution in [0, 0.1) is 0 Å². The van der Waals surface area contributed by atoms with Crippen molar-refractivity contribution in [1.29, 1.82) is 0 Å². The maximum absolute atomic E-state index is 12.0. The zero-order chi connectivity index (χ0) is 13.1. The lowest BCUT2D eigenvalue weighted by molar-refractivity contribution is 0.0940. The predicted octanol–water partition coefficient (Wildman–Crippen LogP) is 2.98. The number of nitrogens with two attached hydrogens (primary N) is 1. The number of nitrogens with one attached hydrogen (secondary N) is 1. The zero-order valence-electron chi connectivity index (χ0n) is 9.68. The Bertz CT molecular complexity index is 556. The second-order valence-corrected chi connectivity index (χ2v) is 5.58. The fourth-order valence-corrected chi connectivity index (χ4v) is 2.48. The van der Waals surface area contributed by atoms with E-state index < -0.39 is 0 Å². The minimum absolute atomic E-state index is 0.103. The Hall–Kier alpha value is -1.40. The Morgan fingerprint density at radius 3 is 2.94 bits per heavy atom. The minimum Gasteiger partial charge on any atom is -0.398 e. The summed E-state index contributed by atoms with van der Waals surface area (Å²) in [4.78, 5) is 16.2. The summed E-state index contributed by atoms with van der Waals surface area (Å²) in [5, 5.41) is 5.67. The second kappa shape index (κ2) is 5.49. The molecule has 0 saturated carbocycles. The first-order chi connectivity index (χ1) is 8.58. The largest absolute Gasteiger partial charge is 0.398 e. The number of anilines is 1. The molecule has 1 heterocycles. The van der Waals surface area contributed by atoms with E-state index in [1.54, 1.807) is 24.4 Å². The van der Waals surface area contributed by atoms with Gasteiger partial charge in [0.15, 0.2) is 0 Å². The van der Waals surface area contributed by atoms with Gasteiger partial charge in [0.2, 0.25) is 0 Å². The molecule has 6 heteroatoms. The topological polar surface area (TPSA) is 68.0 Å². The quantitative estimate of drug-likeness (QED) is 0.852. The molecule has 0 saturated heterocycles. The van der Waals surface area contributed by atoms with Crippen LogP contribution in [0.3, 0.4) is 0 Å². The lowest BCUT2D eigenvalue weighted by atomic mass is 10.2. The van der Waals surface area contributed by atoms with Crippen molar-refractivity contribution in [3.05, 3.63) is 44.8 Å². The van der Waals surface area contributed by atoms with Gasteiger partial charge in [-0.1, -0.05) is 0 Å². The first-order valence-electron chi connectivity index (χ1n) is 5.33. The first kappa shape index (κ1) is 13.0. The minimum atomic E-state index is -0.140. The van der Waals surface area contributed by atoms with E-state index in [-0.39, 0.29) is 11.9 Å². The van der Waals surface area contributed by atoms with E-state index in [1.165, 1.54) is 11.3 Å². The molecule has 0 radical (unpaired) electrons. The molecule has 4 nitrogen and oxygen atoms in total. The molecule has 2 rings (SSSR count). The summed E-state index contributed by atoms with van der Waals surface area (Å²) < 4.78 is 0.719. The van der Waals surface area contributed by atoms with Gasteiger partial charge in [-0.05, 0) is 41.1 Å². The molecule has 0 aliphatic rings. The van der Waals surface area contributed by atoms with Crippen molar-refractivity contribution in [2.45, 2.75) is 13.0 Å². The number of aromatic nitrogens is 1. The van der Waals surface area contributed by atoms with Gasteiger partial charge in [0.1, 0.15) is 5.01 Å². The number of halogens is 1. The number of thiazole rings is 1. The average molecular weight is 326 g/mol. The summed E-state index contributed by atoms with van der Waals surface area (Å²) in [5.41, 5.74) is 6.86. The zero-order valence-corrected chi connectivity index (χ0v) is 12.1. The molecule has 0 aliphatic heterocycles. The lowest BCUT2D eigenvalue weighted by Gasteiger charge is -2.11. The van der Waals surface area contributed by atoms with Gasteiger partial charge in [-0.25, -0.2) is 4.98 Å². The van der Waals surface area contributed by atoms with Gasteiger partial charge in [0.05, 0.1) is 6.04 Å². The summed E-state index contributed by atoms with van der Waals surface area (Å²) >= 11 is 4.82. The van der Waals surface area contributed by atoms with Crippen LogP contribution in [0.25, 0.3) is 0 Å². The third kappa shape index (κ3) is 2.88. The molecule has 0 bridgehead atoms. The maximum Gasteiger partial charge on any atom is 0.251 e. The highest BCUT2D eigenvalue weighted by molar-refractivity contribution is 9.10. The van der Waals surface area contributed by atoms with Crippen molar-refractivity contribution >= 4 is 38.9 Å². The summed E-state index contributed by atoms with van der Waals surface area (Å²) in [7, 11) is 0. The molecule has 94 valence electrons. The van der Waals surface area contributed by atoms with Crippen LogP contribution in [0.4, 0.5) is 5.69 Å². The molecule has 3 N–H and O–H groups in total. The highest BCUT2D eigenvalue weighted by Crippen LogP contribution is 2.21. The number of hydrogen-bond donors (Lipinski definition) is 2. The Morgan fingerprint density at radius 1 is 1.56 bits per heavy atom. The highest BCUT2D eigenvalue weighted by atomic mass is 79.9. The Balaban J connectivity index is 2.10. The van der Waals surface area contributed by atoms with Gasteiger partial charge < -0.3 is 11.1 Å². The lowest BCUT2D eigenvalue weighted by Crippen LogP contribution is -2.26. The number of benzene rings is 1. The van der Waals surface area contributed by atoms with Gasteiger partial charge in [-0.2, -0.15) is 0 Å².